The molecule has 11 nitrogen and oxygen atoms in total. The molecule has 5 N–H and O–H groups in total. The molecule has 1 fully saturated rings. The Bertz CT molecular complexity index is 1830. The molecule has 0 amide bonds. The third-order valence-electron chi connectivity index (χ3n) is 8.78. The maximum Gasteiger partial charge on any atom is 0.338 e. The van der Waals surface area contributed by atoms with Crippen LogP contribution >= 0.6 is 0 Å². The molecule has 5 aliphatic rings. The van der Waals surface area contributed by atoms with Crippen molar-refractivity contribution in [3.63, 3.8) is 0 Å². The number of rotatable bonds is 8. The fraction of sp³-hybridized carbons (Fsp3) is 0.294. The molecular weight excluding hydrogens is 645 g/mol. The number of allylic oxidation sites excluding steroid dienone is 10. The van der Waals surface area contributed by atoms with Crippen LogP contribution in [0.4, 0.5) is 0 Å². The number of carboxylic acids is 3. The van der Waals surface area contributed by atoms with Crippen LogP contribution in [0.25, 0.3) is 0 Å². The first-order valence-electron chi connectivity index (χ1n) is 14.6. The van der Waals surface area contributed by atoms with Gasteiger partial charge >= 0.3 is 17.9 Å². The van der Waals surface area contributed by atoms with Gasteiger partial charge in [-0.25, -0.2) is 19.8 Å². The van der Waals surface area contributed by atoms with Gasteiger partial charge in [-0.15, -0.1) is 0 Å². The summed E-state index contributed by atoms with van der Waals surface area (Å²) in [7, 11) is 0. The summed E-state index contributed by atoms with van der Waals surface area (Å²) >= 11 is 0. The van der Waals surface area contributed by atoms with E-state index >= 15 is 0 Å². The zero-order valence-corrected chi connectivity index (χ0v) is 34.4. The molecular formula is C34H34N4Na3O7. The maximum absolute atomic E-state index is 12.7. The van der Waals surface area contributed by atoms with Crippen LogP contribution in [0.2, 0.25) is 0 Å². The van der Waals surface area contributed by atoms with E-state index in [1.165, 1.54) is 0 Å². The van der Waals surface area contributed by atoms with Gasteiger partial charge < -0.3 is 25.7 Å². The molecule has 0 spiro atoms. The van der Waals surface area contributed by atoms with Crippen molar-refractivity contribution in [2.45, 2.75) is 53.4 Å². The van der Waals surface area contributed by atoms with Crippen LogP contribution < -0.4 is 5.32 Å². The Kier molecular flexibility index (Phi) is 14.9. The third kappa shape index (κ3) is 7.85. The number of hydrogen-bond donors (Lipinski definition) is 5. The van der Waals surface area contributed by atoms with Crippen molar-refractivity contribution in [2.75, 3.05) is 0 Å². The van der Waals surface area contributed by atoms with Gasteiger partial charge in [0.15, 0.2) is 0 Å². The number of fused-ring (bicyclic) bond motifs is 5. The van der Waals surface area contributed by atoms with Crippen molar-refractivity contribution in [3.8, 4) is 0 Å². The van der Waals surface area contributed by atoms with Gasteiger partial charge in [-0.3, -0.25) is 9.59 Å². The third-order valence-corrected chi connectivity index (χ3v) is 8.78. The van der Waals surface area contributed by atoms with E-state index in [1.54, 1.807) is 25.2 Å². The minimum absolute atomic E-state index is 0. The minimum atomic E-state index is -1.27. The van der Waals surface area contributed by atoms with E-state index in [-0.39, 0.29) is 124 Å². The summed E-state index contributed by atoms with van der Waals surface area (Å²) in [5, 5.41) is 43.5. The Morgan fingerprint density at radius 1 is 0.917 bits per heavy atom. The number of nitrogens with one attached hydrogen (secondary N) is 1. The molecule has 235 valence electrons. The fourth-order valence-electron chi connectivity index (χ4n) is 6.43. The van der Waals surface area contributed by atoms with E-state index in [4.69, 9.17) is 15.0 Å². The number of aliphatic hydroxyl groups excluding tert-OH is 1. The minimum Gasteiger partial charge on any atom is -0.515 e. The maximum atomic E-state index is 12.7. The molecule has 5 rings (SSSR count). The Morgan fingerprint density at radius 3 is 2.17 bits per heavy atom. The molecule has 48 heavy (non-hydrogen) atoms. The number of carboxylic acid groups (broad SMARTS) is 3. The van der Waals surface area contributed by atoms with Crippen molar-refractivity contribution in [1.82, 2.24) is 5.32 Å². The molecule has 0 aromatic rings. The van der Waals surface area contributed by atoms with Crippen molar-refractivity contribution >= 4 is 124 Å². The Labute approximate surface area is 345 Å². The van der Waals surface area contributed by atoms with Crippen LogP contribution in [-0.2, 0) is 14.4 Å². The second-order valence-corrected chi connectivity index (χ2v) is 11.3. The molecule has 0 aliphatic carbocycles. The molecule has 8 bridgehead atoms. The predicted octanol–water partition coefficient (Wildman–Crippen LogP) is 4.33. The van der Waals surface area contributed by atoms with Gasteiger partial charge in [0.2, 0.25) is 0 Å². The number of aliphatic hydroxyl groups is 1. The fourth-order valence-corrected chi connectivity index (χ4v) is 6.43. The Hall–Kier alpha value is -2.32. The molecule has 0 saturated carbocycles. The molecule has 3 radical (unpaired) electrons. The van der Waals surface area contributed by atoms with E-state index in [2.05, 4.69) is 11.9 Å². The van der Waals surface area contributed by atoms with E-state index in [1.807, 2.05) is 26.8 Å². The summed E-state index contributed by atoms with van der Waals surface area (Å²) in [6.07, 6.45) is 7.92. The van der Waals surface area contributed by atoms with E-state index in [9.17, 15) is 34.8 Å². The Balaban J connectivity index is 0.00000267. The first-order valence-corrected chi connectivity index (χ1v) is 14.6. The van der Waals surface area contributed by atoms with Crippen LogP contribution in [0.3, 0.4) is 0 Å². The normalized spacial score (nSPS) is 22.0. The zero-order chi connectivity index (χ0) is 32.7. The first-order chi connectivity index (χ1) is 21.4. The second kappa shape index (κ2) is 17.1. The summed E-state index contributed by atoms with van der Waals surface area (Å²) in [5.41, 5.74) is 6.73. The molecule has 1 saturated heterocycles. The molecule has 0 unspecified atom stereocenters. The SMILES string of the molecule is C=CC1=C(C)C2=NC1=CC1=NC(=C(CC)/C1=C\O)C=C1N=C(C(CC(=O)O)=C3NC(=C2)[C@@H](C)[C@@H]3CCC(=O)O)C(C(=O)O)=C1C.[Na].[Na].[Na]. The summed E-state index contributed by atoms with van der Waals surface area (Å²) < 4.78 is 0. The number of hydrogen-bond acceptors (Lipinski definition) is 8. The average Bonchev–Trinajstić information content (AvgIpc) is 3.67. The average molecular weight is 680 g/mol. The Morgan fingerprint density at radius 2 is 1.60 bits per heavy atom. The monoisotopic (exact) mass is 679 g/mol. The quantitative estimate of drug-likeness (QED) is 0.186. The van der Waals surface area contributed by atoms with Crippen molar-refractivity contribution in [3.05, 3.63) is 105 Å². The smallest absolute Gasteiger partial charge is 0.338 e. The van der Waals surface area contributed by atoms with E-state index in [0.717, 1.165) is 17.4 Å². The summed E-state index contributed by atoms with van der Waals surface area (Å²) in [6, 6.07) is 0. The molecule has 14 heteroatoms. The summed E-state index contributed by atoms with van der Waals surface area (Å²) in [6.45, 7) is 11.3. The van der Waals surface area contributed by atoms with Crippen LogP contribution in [0.15, 0.2) is 120 Å². The summed E-state index contributed by atoms with van der Waals surface area (Å²) in [5.74, 6) is -4.21. The zero-order valence-electron chi connectivity index (χ0n) is 28.4. The molecule has 0 aromatic carbocycles. The van der Waals surface area contributed by atoms with Gasteiger partial charge in [-0.1, -0.05) is 26.5 Å². The van der Waals surface area contributed by atoms with Gasteiger partial charge in [0.1, 0.15) is 0 Å². The number of aliphatic imine (C=N–C) groups is 3. The van der Waals surface area contributed by atoms with Gasteiger partial charge in [0, 0.05) is 135 Å². The topological polar surface area (TPSA) is 181 Å². The molecule has 2 atom stereocenters. The van der Waals surface area contributed by atoms with Crippen molar-refractivity contribution < 1.29 is 34.8 Å². The van der Waals surface area contributed by atoms with Crippen molar-refractivity contribution in [1.29, 1.82) is 0 Å². The van der Waals surface area contributed by atoms with Gasteiger partial charge in [0.25, 0.3) is 0 Å². The number of carbonyl (C=O) groups is 3. The van der Waals surface area contributed by atoms with Crippen LogP contribution in [0, 0.1) is 11.8 Å². The van der Waals surface area contributed by atoms with Gasteiger partial charge in [0.05, 0.1) is 52.5 Å². The summed E-state index contributed by atoms with van der Waals surface area (Å²) in [4.78, 5) is 50.9. The largest absolute Gasteiger partial charge is 0.515 e. The van der Waals surface area contributed by atoms with Crippen LogP contribution in [0.1, 0.15) is 53.4 Å². The number of nitrogens with zero attached hydrogens (tertiary/aromatic N) is 3. The molecule has 5 aliphatic heterocycles. The standard InChI is InChI=1S/C34H34N4O7.3Na/c1-6-18-15(3)23-11-24-16(4)20(8-9-29(40)41)32(37-24)21(10-30(42)43)33-31(34(44)45)17(5)25(38-33)12-27-19(7-2)22(14-39)28(36-27)13-26(18)35-23;;;/h6,11-14,16,20,37,39H,1,7-10H2,2-5H3,(H,40,41)(H,42,43)(H,44,45);;;/b22-14+,24-11?,25-12?,26-13?,32-21?;;;/t16-,20-;;;/m0.../s1. The van der Waals surface area contributed by atoms with E-state index < -0.39 is 30.2 Å². The van der Waals surface area contributed by atoms with Crippen molar-refractivity contribution in [2.24, 2.45) is 26.8 Å². The molecule has 0 aromatic heterocycles. The predicted molar refractivity (Wildman–Crippen MR) is 187 cm³/mol. The number of aliphatic carboxylic acids is 3. The molecule has 5 heterocycles. The first kappa shape index (κ1) is 41.8. The second-order valence-electron chi connectivity index (χ2n) is 11.3. The van der Waals surface area contributed by atoms with E-state index in [0.29, 0.717) is 63.0 Å². The van der Waals surface area contributed by atoms with Gasteiger partial charge in [-0.05, 0) is 61.6 Å². The van der Waals surface area contributed by atoms with Crippen LogP contribution in [0.5, 0.6) is 0 Å². The van der Waals surface area contributed by atoms with Crippen LogP contribution in [-0.4, -0.2) is 144 Å². The van der Waals surface area contributed by atoms with Gasteiger partial charge in [-0.2, -0.15) is 0 Å².